The van der Waals surface area contributed by atoms with E-state index < -0.39 is 0 Å². The topological polar surface area (TPSA) is 82.7 Å². The standard InChI is InChI=1S/C20H20N4O3/c25-16-4-1-3-15(13-16)14-22-9-11-23(12-10-22)19-7-6-18(24(26)27)17-5-2-8-21-20(17)19/h1-8,13,25H,9-12,14H2. The molecule has 3 aromatic rings. The number of phenols is 1. The largest absolute Gasteiger partial charge is 0.508 e. The molecule has 1 aliphatic heterocycles. The number of rotatable bonds is 4. The van der Waals surface area contributed by atoms with Gasteiger partial charge in [-0.15, -0.1) is 0 Å². The van der Waals surface area contributed by atoms with Crippen LogP contribution in [0, 0.1) is 10.1 Å². The van der Waals surface area contributed by atoms with Crippen LogP contribution in [0.3, 0.4) is 0 Å². The molecule has 4 rings (SSSR count). The number of pyridine rings is 1. The molecule has 7 heteroatoms. The van der Waals surface area contributed by atoms with E-state index in [1.54, 1.807) is 42.6 Å². The predicted octanol–water partition coefficient (Wildman–Crippen LogP) is 3.17. The Kier molecular flexibility index (Phi) is 4.60. The Morgan fingerprint density at radius 2 is 1.89 bits per heavy atom. The van der Waals surface area contributed by atoms with E-state index in [2.05, 4.69) is 14.8 Å². The van der Waals surface area contributed by atoms with Crippen molar-refractivity contribution in [3.8, 4) is 5.75 Å². The lowest BCUT2D eigenvalue weighted by Gasteiger charge is -2.36. The van der Waals surface area contributed by atoms with Gasteiger partial charge in [0.1, 0.15) is 11.3 Å². The van der Waals surface area contributed by atoms with Crippen LogP contribution in [-0.4, -0.2) is 46.1 Å². The molecule has 1 fully saturated rings. The first-order valence-corrected chi connectivity index (χ1v) is 8.89. The van der Waals surface area contributed by atoms with Crippen molar-refractivity contribution < 1.29 is 10.0 Å². The molecule has 0 spiro atoms. The van der Waals surface area contributed by atoms with Crippen molar-refractivity contribution in [3.05, 3.63) is 70.4 Å². The number of hydrogen-bond acceptors (Lipinski definition) is 6. The number of aromatic hydroxyl groups is 1. The molecule has 2 aromatic carbocycles. The second kappa shape index (κ2) is 7.20. The molecular formula is C20H20N4O3. The number of nitro benzene ring substituents is 1. The van der Waals surface area contributed by atoms with Gasteiger partial charge in [-0.3, -0.25) is 20.0 Å². The van der Waals surface area contributed by atoms with Crippen LogP contribution in [0.5, 0.6) is 5.75 Å². The summed E-state index contributed by atoms with van der Waals surface area (Å²) in [6.07, 6.45) is 1.67. The molecule has 27 heavy (non-hydrogen) atoms. The van der Waals surface area contributed by atoms with Gasteiger partial charge in [0, 0.05) is 45.0 Å². The maximum Gasteiger partial charge on any atom is 0.278 e. The van der Waals surface area contributed by atoms with Crippen LogP contribution in [0.25, 0.3) is 10.9 Å². The minimum Gasteiger partial charge on any atom is -0.508 e. The number of hydrogen-bond donors (Lipinski definition) is 1. The Bertz CT molecular complexity index is 984. The molecule has 138 valence electrons. The summed E-state index contributed by atoms with van der Waals surface area (Å²) in [5.41, 5.74) is 2.79. The van der Waals surface area contributed by atoms with Crippen molar-refractivity contribution in [3.63, 3.8) is 0 Å². The number of phenolic OH excluding ortho intramolecular Hbond substituents is 1. The average Bonchev–Trinajstić information content (AvgIpc) is 2.68. The summed E-state index contributed by atoms with van der Waals surface area (Å²) in [5.74, 6) is 0.287. The van der Waals surface area contributed by atoms with Crippen molar-refractivity contribution >= 4 is 22.3 Å². The van der Waals surface area contributed by atoms with E-state index in [0.29, 0.717) is 10.9 Å². The lowest BCUT2D eigenvalue weighted by Crippen LogP contribution is -2.46. The molecule has 0 amide bonds. The molecule has 0 aliphatic carbocycles. The maximum absolute atomic E-state index is 11.3. The van der Waals surface area contributed by atoms with Crippen LogP contribution in [-0.2, 0) is 6.54 Å². The number of benzene rings is 2. The second-order valence-electron chi connectivity index (χ2n) is 6.69. The molecular weight excluding hydrogens is 344 g/mol. The zero-order chi connectivity index (χ0) is 18.8. The van der Waals surface area contributed by atoms with Gasteiger partial charge in [-0.2, -0.15) is 0 Å². The average molecular weight is 364 g/mol. The van der Waals surface area contributed by atoms with Crippen LogP contribution in [0.1, 0.15) is 5.56 Å². The molecule has 1 aliphatic rings. The Morgan fingerprint density at radius 1 is 1.07 bits per heavy atom. The summed E-state index contributed by atoms with van der Waals surface area (Å²) in [6, 6.07) is 14.2. The van der Waals surface area contributed by atoms with Gasteiger partial charge < -0.3 is 10.0 Å². The van der Waals surface area contributed by atoms with Gasteiger partial charge in [-0.1, -0.05) is 12.1 Å². The first-order chi connectivity index (χ1) is 13.1. The van der Waals surface area contributed by atoms with E-state index in [1.165, 1.54) is 0 Å². The third-order valence-corrected chi connectivity index (χ3v) is 4.95. The number of anilines is 1. The lowest BCUT2D eigenvalue weighted by atomic mass is 10.1. The molecule has 1 N–H and O–H groups in total. The molecule has 0 radical (unpaired) electrons. The lowest BCUT2D eigenvalue weighted by molar-refractivity contribution is -0.383. The predicted molar refractivity (Wildman–Crippen MR) is 104 cm³/mol. The third kappa shape index (κ3) is 3.54. The Morgan fingerprint density at radius 3 is 2.63 bits per heavy atom. The van der Waals surface area contributed by atoms with Crippen LogP contribution in [0.4, 0.5) is 11.4 Å². The zero-order valence-electron chi connectivity index (χ0n) is 14.8. The molecule has 0 atom stereocenters. The molecule has 1 aromatic heterocycles. The smallest absolute Gasteiger partial charge is 0.278 e. The SMILES string of the molecule is O=[N+]([O-])c1ccc(N2CCN(Cc3cccc(O)c3)CC2)c2ncccc12. The molecule has 0 unspecified atom stereocenters. The van der Waals surface area contributed by atoms with Gasteiger partial charge in [0.15, 0.2) is 0 Å². The highest BCUT2D eigenvalue weighted by Gasteiger charge is 2.22. The minimum absolute atomic E-state index is 0.0874. The quantitative estimate of drug-likeness (QED) is 0.566. The number of piperazine rings is 1. The highest BCUT2D eigenvalue weighted by Crippen LogP contribution is 2.32. The van der Waals surface area contributed by atoms with E-state index in [1.807, 2.05) is 12.1 Å². The summed E-state index contributed by atoms with van der Waals surface area (Å²) < 4.78 is 0. The first kappa shape index (κ1) is 17.2. The Hall–Kier alpha value is -3.19. The number of aromatic nitrogens is 1. The van der Waals surface area contributed by atoms with Crippen LogP contribution < -0.4 is 4.90 Å². The zero-order valence-corrected chi connectivity index (χ0v) is 14.8. The Labute approximate surface area is 156 Å². The van der Waals surface area contributed by atoms with E-state index in [9.17, 15) is 15.2 Å². The number of non-ortho nitro benzene ring substituents is 1. The van der Waals surface area contributed by atoms with Crippen LogP contribution in [0.2, 0.25) is 0 Å². The number of fused-ring (bicyclic) bond motifs is 1. The Balaban J connectivity index is 1.51. The monoisotopic (exact) mass is 364 g/mol. The van der Waals surface area contributed by atoms with Gasteiger partial charge in [0.05, 0.1) is 16.0 Å². The van der Waals surface area contributed by atoms with Gasteiger partial charge in [0.2, 0.25) is 0 Å². The molecule has 0 saturated carbocycles. The van der Waals surface area contributed by atoms with Gasteiger partial charge in [0.25, 0.3) is 5.69 Å². The summed E-state index contributed by atoms with van der Waals surface area (Å²) >= 11 is 0. The molecule has 7 nitrogen and oxygen atoms in total. The van der Waals surface area contributed by atoms with Crippen molar-refractivity contribution in [1.82, 2.24) is 9.88 Å². The summed E-state index contributed by atoms with van der Waals surface area (Å²) in [6.45, 7) is 4.19. The summed E-state index contributed by atoms with van der Waals surface area (Å²) in [4.78, 5) is 19.9. The van der Waals surface area contributed by atoms with Crippen molar-refractivity contribution in [2.75, 3.05) is 31.1 Å². The van der Waals surface area contributed by atoms with Crippen LogP contribution in [0.15, 0.2) is 54.7 Å². The molecule has 0 bridgehead atoms. The third-order valence-electron chi connectivity index (χ3n) is 4.95. The fourth-order valence-corrected chi connectivity index (χ4v) is 3.62. The van der Waals surface area contributed by atoms with E-state index in [0.717, 1.165) is 44.0 Å². The minimum atomic E-state index is -0.360. The highest BCUT2D eigenvalue weighted by atomic mass is 16.6. The summed E-state index contributed by atoms with van der Waals surface area (Å²) in [5, 5.41) is 21.5. The number of nitro groups is 1. The van der Waals surface area contributed by atoms with Gasteiger partial charge in [-0.05, 0) is 35.9 Å². The fourth-order valence-electron chi connectivity index (χ4n) is 3.62. The van der Waals surface area contributed by atoms with E-state index >= 15 is 0 Å². The highest BCUT2D eigenvalue weighted by molar-refractivity contribution is 5.97. The second-order valence-corrected chi connectivity index (χ2v) is 6.69. The fraction of sp³-hybridized carbons (Fsp3) is 0.250. The maximum atomic E-state index is 11.3. The summed E-state index contributed by atoms with van der Waals surface area (Å²) in [7, 11) is 0. The molecule has 1 saturated heterocycles. The normalized spacial score (nSPS) is 15.2. The molecule has 2 heterocycles. The van der Waals surface area contributed by atoms with E-state index in [4.69, 9.17) is 0 Å². The van der Waals surface area contributed by atoms with Gasteiger partial charge >= 0.3 is 0 Å². The van der Waals surface area contributed by atoms with Gasteiger partial charge in [-0.25, -0.2) is 0 Å². The number of nitrogens with zero attached hydrogens (tertiary/aromatic N) is 4. The van der Waals surface area contributed by atoms with Crippen molar-refractivity contribution in [1.29, 1.82) is 0 Å². The van der Waals surface area contributed by atoms with Crippen LogP contribution >= 0.6 is 0 Å². The van der Waals surface area contributed by atoms with Crippen molar-refractivity contribution in [2.24, 2.45) is 0 Å². The van der Waals surface area contributed by atoms with Crippen molar-refractivity contribution in [2.45, 2.75) is 6.54 Å². The van der Waals surface area contributed by atoms with E-state index in [-0.39, 0.29) is 16.4 Å². The first-order valence-electron chi connectivity index (χ1n) is 8.89.